The Bertz CT molecular complexity index is 500. The van der Waals surface area contributed by atoms with E-state index >= 15 is 0 Å². The minimum Gasteiger partial charge on any atom is -0.476 e. The molecule has 2 unspecified atom stereocenters. The number of hydrogen-bond acceptors (Lipinski definition) is 5. The summed E-state index contributed by atoms with van der Waals surface area (Å²) in [5.74, 6) is -1.42. The van der Waals surface area contributed by atoms with Crippen LogP contribution in [0.2, 0.25) is 0 Å². The number of methoxy groups -OCH3 is 1. The molecule has 1 aromatic rings. The largest absolute Gasteiger partial charge is 0.476 e. The van der Waals surface area contributed by atoms with Gasteiger partial charge in [-0.3, -0.25) is 4.79 Å². The van der Waals surface area contributed by atoms with Crippen LogP contribution in [0.1, 0.15) is 55.8 Å². The number of carbonyl (C=O) groups is 2. The maximum atomic E-state index is 12.2. The number of carboxylic acid groups (broad SMARTS) is 1. The van der Waals surface area contributed by atoms with E-state index in [-0.39, 0.29) is 29.9 Å². The third-order valence-corrected chi connectivity index (χ3v) is 3.13. The van der Waals surface area contributed by atoms with Crippen molar-refractivity contribution in [2.24, 2.45) is 0 Å². The van der Waals surface area contributed by atoms with Crippen LogP contribution in [-0.4, -0.2) is 45.1 Å². The van der Waals surface area contributed by atoms with Crippen LogP contribution in [0.3, 0.4) is 0 Å². The van der Waals surface area contributed by atoms with E-state index in [2.05, 4.69) is 15.6 Å². The van der Waals surface area contributed by atoms with Crippen LogP contribution in [0.4, 0.5) is 0 Å². The Morgan fingerprint density at radius 1 is 1.43 bits per heavy atom. The minimum atomic E-state index is -1.19. The predicted octanol–water partition coefficient (Wildman–Crippen LogP) is 0.988. The highest BCUT2D eigenvalue weighted by Crippen LogP contribution is 2.14. The summed E-state index contributed by atoms with van der Waals surface area (Å²) < 4.78 is 6.26. The number of nitrogens with zero attached hydrogens (tertiary/aromatic N) is 3. The molecule has 0 radical (unpaired) electrons. The molecular weight excluding hydrogens is 276 g/mol. The lowest BCUT2D eigenvalue weighted by Crippen LogP contribution is -2.38. The first-order valence-corrected chi connectivity index (χ1v) is 6.89. The van der Waals surface area contributed by atoms with Gasteiger partial charge in [-0.2, -0.15) is 0 Å². The number of aromatic nitrogens is 3. The second kappa shape index (κ2) is 7.72. The van der Waals surface area contributed by atoms with Crippen LogP contribution in [0.25, 0.3) is 0 Å². The molecule has 21 heavy (non-hydrogen) atoms. The van der Waals surface area contributed by atoms with E-state index in [1.54, 1.807) is 6.92 Å². The Balaban J connectivity index is 2.93. The molecule has 1 aromatic heterocycles. The minimum absolute atomic E-state index is 0.0246. The molecule has 8 nitrogen and oxygen atoms in total. The van der Waals surface area contributed by atoms with E-state index in [4.69, 9.17) is 9.84 Å². The second-order valence-electron chi connectivity index (χ2n) is 4.94. The Labute approximate surface area is 123 Å². The molecule has 0 saturated carbocycles. The topological polar surface area (TPSA) is 106 Å². The number of carboxylic acids is 1. The molecule has 1 amide bonds. The highest BCUT2D eigenvalue weighted by atomic mass is 16.5. The molecule has 1 rings (SSSR count). The van der Waals surface area contributed by atoms with Crippen LogP contribution in [0.5, 0.6) is 0 Å². The SMILES string of the molecule is CCCC(C)NC(=O)C(C)n1nnc(C(=O)O)c1COC. The highest BCUT2D eigenvalue weighted by Gasteiger charge is 2.25. The van der Waals surface area contributed by atoms with Crippen molar-refractivity contribution >= 4 is 11.9 Å². The fourth-order valence-corrected chi connectivity index (χ4v) is 2.04. The fourth-order valence-electron chi connectivity index (χ4n) is 2.04. The van der Waals surface area contributed by atoms with Crippen molar-refractivity contribution in [3.05, 3.63) is 11.4 Å². The van der Waals surface area contributed by atoms with Gasteiger partial charge in [0.25, 0.3) is 0 Å². The van der Waals surface area contributed by atoms with Gasteiger partial charge in [-0.05, 0) is 20.3 Å². The molecule has 0 aliphatic rings. The molecule has 0 bridgehead atoms. The zero-order valence-corrected chi connectivity index (χ0v) is 12.8. The normalized spacial score (nSPS) is 13.7. The van der Waals surface area contributed by atoms with Crippen molar-refractivity contribution in [2.75, 3.05) is 7.11 Å². The molecule has 0 aromatic carbocycles. The summed E-state index contributed by atoms with van der Waals surface area (Å²) in [4.78, 5) is 23.3. The lowest BCUT2D eigenvalue weighted by Gasteiger charge is -2.18. The van der Waals surface area contributed by atoms with E-state index in [1.165, 1.54) is 11.8 Å². The van der Waals surface area contributed by atoms with Crippen molar-refractivity contribution in [1.82, 2.24) is 20.3 Å². The average molecular weight is 298 g/mol. The standard InChI is InChI=1S/C13H22N4O4/c1-5-6-8(2)14-12(18)9(3)17-10(7-21-4)11(13(19)20)15-16-17/h8-9H,5-7H2,1-4H3,(H,14,18)(H,19,20). The van der Waals surface area contributed by atoms with E-state index in [1.807, 2.05) is 13.8 Å². The molecule has 0 fully saturated rings. The van der Waals surface area contributed by atoms with E-state index in [0.29, 0.717) is 0 Å². The summed E-state index contributed by atoms with van der Waals surface area (Å²) in [6, 6.07) is -0.603. The predicted molar refractivity (Wildman–Crippen MR) is 74.9 cm³/mol. The van der Waals surface area contributed by atoms with Crippen molar-refractivity contribution in [2.45, 2.75) is 52.3 Å². The number of aromatic carboxylic acids is 1. The van der Waals surface area contributed by atoms with Gasteiger partial charge in [-0.25, -0.2) is 9.48 Å². The van der Waals surface area contributed by atoms with Gasteiger partial charge in [0.05, 0.1) is 6.61 Å². The molecule has 2 atom stereocenters. The lowest BCUT2D eigenvalue weighted by atomic mass is 10.2. The number of carbonyl (C=O) groups excluding carboxylic acids is 1. The summed E-state index contributed by atoms with van der Waals surface area (Å²) >= 11 is 0. The quantitative estimate of drug-likeness (QED) is 0.741. The van der Waals surface area contributed by atoms with Gasteiger partial charge in [0.1, 0.15) is 11.7 Å². The molecule has 118 valence electrons. The number of nitrogens with one attached hydrogen (secondary N) is 1. The molecule has 8 heteroatoms. The lowest BCUT2D eigenvalue weighted by molar-refractivity contribution is -0.124. The fraction of sp³-hybridized carbons (Fsp3) is 0.692. The average Bonchev–Trinajstić information content (AvgIpc) is 2.82. The van der Waals surface area contributed by atoms with Crippen LogP contribution in [0, 0.1) is 0 Å². The molecule has 2 N–H and O–H groups in total. The molecule has 0 aliphatic carbocycles. The summed E-state index contributed by atoms with van der Waals surface area (Å²) in [6.07, 6.45) is 1.85. The van der Waals surface area contributed by atoms with Crippen molar-refractivity contribution < 1.29 is 19.4 Å². The van der Waals surface area contributed by atoms with Crippen molar-refractivity contribution in [1.29, 1.82) is 0 Å². The zero-order valence-electron chi connectivity index (χ0n) is 12.8. The smallest absolute Gasteiger partial charge is 0.358 e. The third kappa shape index (κ3) is 4.25. The summed E-state index contributed by atoms with van der Waals surface area (Å²) in [6.45, 7) is 5.64. The Morgan fingerprint density at radius 3 is 2.62 bits per heavy atom. The molecule has 0 spiro atoms. The maximum absolute atomic E-state index is 12.2. The van der Waals surface area contributed by atoms with Crippen molar-refractivity contribution in [3.8, 4) is 0 Å². The van der Waals surface area contributed by atoms with Gasteiger partial charge < -0.3 is 15.2 Å². The number of amides is 1. The van der Waals surface area contributed by atoms with Crippen LogP contribution in [0.15, 0.2) is 0 Å². The Hall–Kier alpha value is -1.96. The first kappa shape index (κ1) is 17.1. The maximum Gasteiger partial charge on any atom is 0.358 e. The first-order chi connectivity index (χ1) is 9.92. The van der Waals surface area contributed by atoms with Gasteiger partial charge in [0.2, 0.25) is 5.91 Å². The third-order valence-electron chi connectivity index (χ3n) is 3.13. The van der Waals surface area contributed by atoms with E-state index in [0.717, 1.165) is 12.8 Å². The molecular formula is C13H22N4O4. The number of rotatable bonds is 8. The van der Waals surface area contributed by atoms with E-state index in [9.17, 15) is 9.59 Å². The Morgan fingerprint density at radius 2 is 2.10 bits per heavy atom. The summed E-state index contributed by atoms with van der Waals surface area (Å²) in [5.41, 5.74) is 0.0777. The monoisotopic (exact) mass is 298 g/mol. The zero-order chi connectivity index (χ0) is 16.0. The van der Waals surface area contributed by atoms with E-state index < -0.39 is 12.0 Å². The Kier molecular flexibility index (Phi) is 6.29. The van der Waals surface area contributed by atoms with Gasteiger partial charge in [-0.1, -0.05) is 18.6 Å². The molecule has 0 saturated heterocycles. The number of ether oxygens (including phenoxy) is 1. The second-order valence-corrected chi connectivity index (χ2v) is 4.94. The van der Waals surface area contributed by atoms with Crippen LogP contribution < -0.4 is 5.32 Å². The van der Waals surface area contributed by atoms with Gasteiger partial charge >= 0.3 is 5.97 Å². The summed E-state index contributed by atoms with van der Waals surface area (Å²) in [7, 11) is 1.44. The molecule has 0 aliphatic heterocycles. The molecule has 1 heterocycles. The summed E-state index contributed by atoms with van der Waals surface area (Å²) in [5, 5.41) is 19.3. The van der Waals surface area contributed by atoms with Gasteiger partial charge in [-0.15, -0.1) is 5.10 Å². The van der Waals surface area contributed by atoms with Gasteiger partial charge in [0, 0.05) is 13.2 Å². The highest BCUT2D eigenvalue weighted by molar-refractivity contribution is 5.87. The van der Waals surface area contributed by atoms with Crippen molar-refractivity contribution in [3.63, 3.8) is 0 Å². The van der Waals surface area contributed by atoms with Gasteiger partial charge in [0.15, 0.2) is 5.69 Å². The number of hydrogen-bond donors (Lipinski definition) is 2. The van der Waals surface area contributed by atoms with Crippen LogP contribution >= 0.6 is 0 Å². The van der Waals surface area contributed by atoms with Crippen LogP contribution in [-0.2, 0) is 16.1 Å². The first-order valence-electron chi connectivity index (χ1n) is 6.89.